The van der Waals surface area contributed by atoms with Crippen LogP contribution < -0.4 is 5.32 Å². The Labute approximate surface area is 149 Å². The molecule has 1 N–H and O–H groups in total. The van der Waals surface area contributed by atoms with Gasteiger partial charge in [0.25, 0.3) is 5.91 Å². The van der Waals surface area contributed by atoms with Gasteiger partial charge >= 0.3 is 5.88 Å². The molecule has 1 aromatic carbocycles. The van der Waals surface area contributed by atoms with Crippen LogP contribution in [0.15, 0.2) is 40.8 Å². The van der Waals surface area contributed by atoms with Gasteiger partial charge in [0.15, 0.2) is 5.76 Å². The summed E-state index contributed by atoms with van der Waals surface area (Å²) in [5.74, 6) is -1.08. The molecule has 0 bridgehead atoms. The van der Waals surface area contributed by atoms with Crippen molar-refractivity contribution in [3.05, 3.63) is 57.8 Å². The van der Waals surface area contributed by atoms with Crippen molar-refractivity contribution in [1.29, 1.82) is 0 Å². The lowest BCUT2D eigenvalue weighted by atomic mass is 9.98. The van der Waals surface area contributed by atoms with E-state index in [-0.39, 0.29) is 30.7 Å². The normalized spacial score (nSPS) is 14.2. The Morgan fingerprint density at radius 3 is 2.38 bits per heavy atom. The second-order valence-corrected chi connectivity index (χ2v) is 6.57. The Morgan fingerprint density at radius 2 is 1.85 bits per heavy atom. The molecule has 136 valence electrons. The summed E-state index contributed by atoms with van der Waals surface area (Å²) in [6.07, 6.45) is 0. The summed E-state index contributed by atoms with van der Waals surface area (Å²) < 4.78 is 4.89. The van der Waals surface area contributed by atoms with Gasteiger partial charge in [-0.15, -0.1) is 0 Å². The molecule has 26 heavy (non-hydrogen) atoms. The number of amides is 2. The standard InChI is InChI=1S/C18H19N3O5/c1-11(2)12-3-5-14(6-4-12)19-17(22)13-9-20(10-13)18(23)15-7-8-16(26-15)21(24)25/h3-8,11,13H,9-10H2,1-2H3,(H,19,22). The molecule has 1 saturated heterocycles. The molecule has 0 unspecified atom stereocenters. The summed E-state index contributed by atoms with van der Waals surface area (Å²) in [7, 11) is 0. The second-order valence-electron chi connectivity index (χ2n) is 6.57. The summed E-state index contributed by atoms with van der Waals surface area (Å²) in [4.78, 5) is 35.7. The van der Waals surface area contributed by atoms with Gasteiger partial charge in [0, 0.05) is 18.8 Å². The van der Waals surface area contributed by atoms with Crippen molar-refractivity contribution in [2.24, 2.45) is 5.92 Å². The predicted molar refractivity (Wildman–Crippen MR) is 93.9 cm³/mol. The fourth-order valence-electron chi connectivity index (χ4n) is 2.70. The van der Waals surface area contributed by atoms with Crippen LogP contribution >= 0.6 is 0 Å². The third-order valence-electron chi connectivity index (χ3n) is 4.37. The van der Waals surface area contributed by atoms with E-state index in [2.05, 4.69) is 19.2 Å². The number of likely N-dealkylation sites (tertiary alicyclic amines) is 1. The van der Waals surface area contributed by atoms with Crippen molar-refractivity contribution >= 4 is 23.4 Å². The smallest absolute Gasteiger partial charge is 0.395 e. The minimum Gasteiger partial charge on any atom is -0.395 e. The molecule has 1 fully saturated rings. The molecule has 2 amide bonds. The van der Waals surface area contributed by atoms with Crippen LogP contribution in [0.4, 0.5) is 11.6 Å². The van der Waals surface area contributed by atoms with E-state index in [9.17, 15) is 19.7 Å². The van der Waals surface area contributed by atoms with Crippen LogP contribution in [0.25, 0.3) is 0 Å². The van der Waals surface area contributed by atoms with Gasteiger partial charge in [-0.3, -0.25) is 19.7 Å². The Bertz CT molecular complexity index is 835. The van der Waals surface area contributed by atoms with E-state index >= 15 is 0 Å². The summed E-state index contributed by atoms with van der Waals surface area (Å²) in [5.41, 5.74) is 1.90. The third kappa shape index (κ3) is 3.58. The van der Waals surface area contributed by atoms with Crippen molar-refractivity contribution in [3.63, 3.8) is 0 Å². The lowest BCUT2D eigenvalue weighted by Gasteiger charge is -2.37. The SMILES string of the molecule is CC(C)c1ccc(NC(=O)C2CN(C(=O)c3ccc([N+](=O)[O-])o3)C2)cc1. The molecular weight excluding hydrogens is 338 g/mol. The molecule has 0 atom stereocenters. The maximum atomic E-state index is 12.2. The van der Waals surface area contributed by atoms with E-state index in [0.29, 0.717) is 11.6 Å². The van der Waals surface area contributed by atoms with Crippen molar-refractivity contribution in [3.8, 4) is 0 Å². The van der Waals surface area contributed by atoms with E-state index in [1.807, 2.05) is 24.3 Å². The van der Waals surface area contributed by atoms with E-state index in [0.717, 1.165) is 6.07 Å². The monoisotopic (exact) mass is 357 g/mol. The fraction of sp³-hybridized carbons (Fsp3) is 0.333. The number of carbonyl (C=O) groups is 2. The van der Waals surface area contributed by atoms with Gasteiger partial charge in [0.05, 0.1) is 12.0 Å². The molecule has 3 rings (SSSR count). The molecule has 0 saturated carbocycles. The number of rotatable bonds is 5. The molecule has 0 radical (unpaired) electrons. The number of furan rings is 1. The highest BCUT2D eigenvalue weighted by Crippen LogP contribution is 2.24. The second kappa shape index (κ2) is 6.99. The highest BCUT2D eigenvalue weighted by atomic mass is 16.6. The Morgan fingerprint density at radius 1 is 1.19 bits per heavy atom. The minimum atomic E-state index is -0.701. The molecule has 0 spiro atoms. The van der Waals surface area contributed by atoms with Gasteiger partial charge in [0.1, 0.15) is 4.92 Å². The van der Waals surface area contributed by atoms with Crippen molar-refractivity contribution in [1.82, 2.24) is 4.90 Å². The van der Waals surface area contributed by atoms with Gasteiger partial charge in [0.2, 0.25) is 5.91 Å². The quantitative estimate of drug-likeness (QED) is 0.654. The average molecular weight is 357 g/mol. The number of nitrogens with one attached hydrogen (secondary N) is 1. The van der Waals surface area contributed by atoms with Crippen LogP contribution in [0.1, 0.15) is 35.9 Å². The van der Waals surface area contributed by atoms with Gasteiger partial charge in [-0.2, -0.15) is 0 Å². The van der Waals surface area contributed by atoms with Crippen LogP contribution in [0.2, 0.25) is 0 Å². The first-order valence-corrected chi connectivity index (χ1v) is 8.29. The molecule has 2 aromatic rings. The highest BCUT2D eigenvalue weighted by Gasteiger charge is 2.37. The van der Waals surface area contributed by atoms with Crippen LogP contribution in [0.3, 0.4) is 0 Å². The molecular formula is C18H19N3O5. The number of hydrogen-bond donors (Lipinski definition) is 1. The average Bonchev–Trinajstić information content (AvgIpc) is 3.04. The minimum absolute atomic E-state index is 0.0974. The van der Waals surface area contributed by atoms with E-state index in [4.69, 9.17) is 4.42 Å². The van der Waals surface area contributed by atoms with Gasteiger partial charge < -0.3 is 14.6 Å². The molecule has 2 heterocycles. The lowest BCUT2D eigenvalue weighted by molar-refractivity contribution is -0.402. The van der Waals surface area contributed by atoms with Crippen molar-refractivity contribution < 1.29 is 18.9 Å². The highest BCUT2D eigenvalue weighted by molar-refractivity contribution is 5.97. The van der Waals surface area contributed by atoms with E-state index in [1.54, 1.807) is 0 Å². The number of hydrogen-bond acceptors (Lipinski definition) is 5. The van der Waals surface area contributed by atoms with Crippen LogP contribution in [-0.2, 0) is 4.79 Å². The van der Waals surface area contributed by atoms with Crippen LogP contribution in [0.5, 0.6) is 0 Å². The van der Waals surface area contributed by atoms with E-state index < -0.39 is 16.7 Å². The van der Waals surface area contributed by atoms with E-state index in [1.165, 1.54) is 16.5 Å². The first-order chi connectivity index (χ1) is 12.3. The molecule has 8 heteroatoms. The number of anilines is 1. The zero-order chi connectivity index (χ0) is 18.8. The summed E-state index contributed by atoms with van der Waals surface area (Å²) in [6, 6.07) is 10.1. The number of nitro groups is 1. The zero-order valence-corrected chi connectivity index (χ0v) is 14.5. The fourth-order valence-corrected chi connectivity index (χ4v) is 2.70. The maximum Gasteiger partial charge on any atom is 0.433 e. The summed E-state index contributed by atoms with van der Waals surface area (Å²) in [5, 5.41) is 13.4. The summed E-state index contributed by atoms with van der Waals surface area (Å²) in [6.45, 7) is 4.70. The number of benzene rings is 1. The van der Waals surface area contributed by atoms with Crippen molar-refractivity contribution in [2.75, 3.05) is 18.4 Å². The number of nitrogens with zero attached hydrogens (tertiary/aromatic N) is 2. The molecule has 0 aliphatic carbocycles. The predicted octanol–water partition coefficient (Wildman–Crippen LogP) is 3.02. The number of carbonyl (C=O) groups excluding carboxylic acids is 2. The molecule has 1 aromatic heterocycles. The van der Waals surface area contributed by atoms with Crippen molar-refractivity contribution in [2.45, 2.75) is 19.8 Å². The largest absolute Gasteiger partial charge is 0.433 e. The maximum absolute atomic E-state index is 12.2. The topological polar surface area (TPSA) is 106 Å². The van der Waals surface area contributed by atoms with Gasteiger partial charge in [-0.05, 0) is 29.7 Å². The Balaban J connectivity index is 1.52. The molecule has 8 nitrogen and oxygen atoms in total. The first-order valence-electron chi connectivity index (χ1n) is 8.29. The zero-order valence-electron chi connectivity index (χ0n) is 14.5. The third-order valence-corrected chi connectivity index (χ3v) is 4.37. The van der Waals surface area contributed by atoms with Gasteiger partial charge in [-0.25, -0.2) is 0 Å². The summed E-state index contributed by atoms with van der Waals surface area (Å²) >= 11 is 0. The van der Waals surface area contributed by atoms with Crippen LogP contribution in [-0.4, -0.2) is 34.7 Å². The van der Waals surface area contributed by atoms with Gasteiger partial charge in [-0.1, -0.05) is 26.0 Å². The molecule has 1 aliphatic rings. The Kier molecular flexibility index (Phi) is 4.75. The lowest BCUT2D eigenvalue weighted by Crippen LogP contribution is -2.54. The molecule has 1 aliphatic heterocycles. The van der Waals surface area contributed by atoms with Crippen LogP contribution in [0, 0.1) is 16.0 Å². The Hall–Kier alpha value is -3.16. The first kappa shape index (κ1) is 17.7.